The largest absolute Gasteiger partial charge is 0.469 e. The molecule has 6 nitrogen and oxygen atoms in total. The van der Waals surface area contributed by atoms with Crippen LogP contribution in [0.2, 0.25) is 0 Å². The summed E-state index contributed by atoms with van der Waals surface area (Å²) in [6.45, 7) is 1.98. The quantitative estimate of drug-likeness (QED) is 0.789. The lowest BCUT2D eigenvalue weighted by Crippen LogP contribution is -2.34. The second-order valence-electron chi connectivity index (χ2n) is 4.09. The van der Waals surface area contributed by atoms with Gasteiger partial charge in [0.05, 0.1) is 24.9 Å². The molecule has 0 aliphatic heterocycles. The molecule has 1 heterocycles. The molecule has 0 spiro atoms. The summed E-state index contributed by atoms with van der Waals surface area (Å²) in [6, 6.07) is 3.16. The van der Waals surface area contributed by atoms with Gasteiger partial charge in [-0.05, 0) is 12.1 Å². The Hall–Kier alpha value is -2.11. The number of ether oxygens (including phenoxy) is 1. The standard InChI is InChI=1S/C12H17N3O3/c1-8(12(17)18-3)7-15(2)11(16)10-5-4-9(13)6-14-10/h4-6,8H,7,13H2,1-3H3. The average molecular weight is 251 g/mol. The Morgan fingerprint density at radius 1 is 1.50 bits per heavy atom. The molecule has 0 saturated carbocycles. The van der Waals surface area contributed by atoms with E-state index in [0.29, 0.717) is 11.4 Å². The van der Waals surface area contributed by atoms with Crippen molar-refractivity contribution in [1.82, 2.24) is 9.88 Å². The first-order valence-corrected chi connectivity index (χ1v) is 5.50. The third-order valence-corrected chi connectivity index (χ3v) is 2.50. The summed E-state index contributed by atoms with van der Waals surface area (Å²) in [7, 11) is 2.93. The number of esters is 1. The maximum atomic E-state index is 12.0. The fourth-order valence-corrected chi connectivity index (χ4v) is 1.50. The van der Waals surface area contributed by atoms with Gasteiger partial charge in [-0.2, -0.15) is 0 Å². The molecule has 0 aliphatic rings. The first-order valence-electron chi connectivity index (χ1n) is 5.50. The normalized spacial score (nSPS) is 11.7. The van der Waals surface area contributed by atoms with Crippen LogP contribution < -0.4 is 5.73 Å². The Bertz CT molecular complexity index is 431. The zero-order valence-corrected chi connectivity index (χ0v) is 10.7. The van der Waals surface area contributed by atoms with Crippen LogP contribution in [0.3, 0.4) is 0 Å². The van der Waals surface area contributed by atoms with Crippen LogP contribution in [0.5, 0.6) is 0 Å². The smallest absolute Gasteiger partial charge is 0.310 e. The van der Waals surface area contributed by atoms with Gasteiger partial charge >= 0.3 is 5.97 Å². The van der Waals surface area contributed by atoms with Gasteiger partial charge in [0, 0.05) is 13.6 Å². The summed E-state index contributed by atoms with van der Waals surface area (Å²) in [5.74, 6) is -0.983. The molecule has 0 bridgehead atoms. The van der Waals surface area contributed by atoms with Crippen LogP contribution in [0.15, 0.2) is 18.3 Å². The van der Waals surface area contributed by atoms with Gasteiger partial charge in [-0.25, -0.2) is 4.98 Å². The van der Waals surface area contributed by atoms with Gasteiger partial charge < -0.3 is 15.4 Å². The van der Waals surface area contributed by atoms with Gasteiger partial charge in [0.15, 0.2) is 0 Å². The molecule has 1 unspecified atom stereocenters. The van der Waals surface area contributed by atoms with Crippen molar-refractivity contribution in [2.24, 2.45) is 5.92 Å². The van der Waals surface area contributed by atoms with Crippen LogP contribution in [0, 0.1) is 5.92 Å². The monoisotopic (exact) mass is 251 g/mol. The van der Waals surface area contributed by atoms with Crippen molar-refractivity contribution in [1.29, 1.82) is 0 Å². The van der Waals surface area contributed by atoms with Crippen LogP contribution in [-0.2, 0) is 9.53 Å². The number of amides is 1. The molecule has 6 heteroatoms. The number of nitrogens with two attached hydrogens (primary N) is 1. The minimum absolute atomic E-state index is 0.259. The molecule has 0 fully saturated rings. The van der Waals surface area contributed by atoms with E-state index in [1.807, 2.05) is 0 Å². The molecule has 0 radical (unpaired) electrons. The van der Waals surface area contributed by atoms with Crippen LogP contribution in [0.1, 0.15) is 17.4 Å². The number of nitrogens with zero attached hydrogens (tertiary/aromatic N) is 2. The minimum Gasteiger partial charge on any atom is -0.469 e. The van der Waals surface area contributed by atoms with E-state index in [0.717, 1.165) is 0 Å². The zero-order chi connectivity index (χ0) is 13.7. The summed E-state index contributed by atoms with van der Waals surface area (Å²) < 4.78 is 4.61. The van der Waals surface area contributed by atoms with Crippen LogP contribution in [-0.4, -0.2) is 42.5 Å². The SMILES string of the molecule is COC(=O)C(C)CN(C)C(=O)c1ccc(N)cn1. The summed E-state index contributed by atoms with van der Waals surface area (Å²) in [5.41, 5.74) is 6.29. The number of methoxy groups -OCH3 is 1. The van der Waals surface area contributed by atoms with Crippen LogP contribution in [0.25, 0.3) is 0 Å². The summed E-state index contributed by atoms with van der Waals surface area (Å²) in [4.78, 5) is 28.6. The highest BCUT2D eigenvalue weighted by molar-refractivity contribution is 5.92. The number of hydrogen-bond acceptors (Lipinski definition) is 5. The van der Waals surface area contributed by atoms with E-state index in [1.165, 1.54) is 18.2 Å². The van der Waals surface area contributed by atoms with Crippen molar-refractivity contribution >= 4 is 17.6 Å². The highest BCUT2D eigenvalue weighted by Crippen LogP contribution is 2.07. The fraction of sp³-hybridized carbons (Fsp3) is 0.417. The molecule has 18 heavy (non-hydrogen) atoms. The third kappa shape index (κ3) is 3.44. The second-order valence-corrected chi connectivity index (χ2v) is 4.09. The van der Waals surface area contributed by atoms with E-state index in [9.17, 15) is 9.59 Å². The molecule has 2 N–H and O–H groups in total. The maximum absolute atomic E-state index is 12.0. The molecule has 98 valence electrons. The minimum atomic E-state index is -0.377. The first-order chi connectivity index (χ1) is 8.45. The molecule has 1 aromatic heterocycles. The fourth-order valence-electron chi connectivity index (χ4n) is 1.50. The number of rotatable bonds is 4. The van der Waals surface area contributed by atoms with Crippen molar-refractivity contribution in [3.8, 4) is 0 Å². The second kappa shape index (κ2) is 6.00. The number of pyridine rings is 1. The molecule has 0 saturated heterocycles. The Morgan fingerprint density at radius 2 is 2.17 bits per heavy atom. The molecule has 0 aliphatic carbocycles. The average Bonchev–Trinajstić information content (AvgIpc) is 2.37. The predicted octanol–water partition coefficient (Wildman–Crippen LogP) is 0.545. The van der Waals surface area contributed by atoms with E-state index in [4.69, 9.17) is 5.73 Å². The van der Waals surface area contributed by atoms with Crippen molar-refractivity contribution in [3.63, 3.8) is 0 Å². The highest BCUT2D eigenvalue weighted by atomic mass is 16.5. The van der Waals surface area contributed by atoms with Crippen molar-refractivity contribution < 1.29 is 14.3 Å². The lowest BCUT2D eigenvalue weighted by atomic mass is 10.1. The summed E-state index contributed by atoms with van der Waals surface area (Å²) >= 11 is 0. The third-order valence-electron chi connectivity index (χ3n) is 2.50. The lowest BCUT2D eigenvalue weighted by Gasteiger charge is -2.19. The summed E-state index contributed by atoms with van der Waals surface area (Å²) in [6.07, 6.45) is 1.42. The molecular weight excluding hydrogens is 234 g/mol. The van der Waals surface area contributed by atoms with Gasteiger partial charge in [0.25, 0.3) is 5.91 Å². The summed E-state index contributed by atoms with van der Waals surface area (Å²) in [5, 5.41) is 0. The number of anilines is 1. The first kappa shape index (κ1) is 14.0. The Kier molecular flexibility index (Phi) is 4.65. The van der Waals surface area contributed by atoms with E-state index in [-0.39, 0.29) is 24.3 Å². The highest BCUT2D eigenvalue weighted by Gasteiger charge is 2.20. The molecule has 0 aromatic carbocycles. The van der Waals surface area contributed by atoms with Gasteiger partial charge in [0.1, 0.15) is 5.69 Å². The molecule has 1 atom stereocenters. The van der Waals surface area contributed by atoms with Crippen molar-refractivity contribution in [3.05, 3.63) is 24.0 Å². The molecule has 1 rings (SSSR count). The number of nitrogen functional groups attached to an aromatic ring is 1. The molecule has 1 aromatic rings. The van der Waals surface area contributed by atoms with Gasteiger partial charge in [-0.15, -0.1) is 0 Å². The topological polar surface area (TPSA) is 85.5 Å². The Morgan fingerprint density at radius 3 is 2.67 bits per heavy atom. The van der Waals surface area contributed by atoms with Gasteiger partial charge in [-0.3, -0.25) is 9.59 Å². The van der Waals surface area contributed by atoms with Crippen molar-refractivity contribution in [2.75, 3.05) is 26.4 Å². The molecule has 1 amide bonds. The van der Waals surface area contributed by atoms with E-state index in [2.05, 4.69) is 9.72 Å². The van der Waals surface area contributed by atoms with Crippen LogP contribution in [0.4, 0.5) is 5.69 Å². The molecular formula is C12H17N3O3. The maximum Gasteiger partial charge on any atom is 0.310 e. The predicted molar refractivity (Wildman–Crippen MR) is 66.8 cm³/mol. The zero-order valence-electron chi connectivity index (χ0n) is 10.7. The number of aromatic nitrogens is 1. The lowest BCUT2D eigenvalue weighted by molar-refractivity contribution is -0.145. The number of hydrogen-bond donors (Lipinski definition) is 1. The Labute approximate surface area is 106 Å². The van der Waals surface area contributed by atoms with E-state index < -0.39 is 0 Å². The van der Waals surface area contributed by atoms with Crippen molar-refractivity contribution in [2.45, 2.75) is 6.92 Å². The number of carbonyl (C=O) groups excluding carboxylic acids is 2. The van der Waals surface area contributed by atoms with Gasteiger partial charge in [0.2, 0.25) is 0 Å². The number of carbonyl (C=O) groups is 2. The van der Waals surface area contributed by atoms with E-state index in [1.54, 1.807) is 26.1 Å². The Balaban J connectivity index is 2.67. The van der Waals surface area contributed by atoms with Crippen LogP contribution >= 0.6 is 0 Å². The van der Waals surface area contributed by atoms with Gasteiger partial charge in [-0.1, -0.05) is 6.92 Å². The van der Waals surface area contributed by atoms with E-state index >= 15 is 0 Å².